The number of benzene rings is 2. The zero-order chi connectivity index (χ0) is 22.8. The van der Waals surface area contributed by atoms with Gasteiger partial charge in [-0.25, -0.2) is 4.39 Å². The Labute approximate surface area is 192 Å². The summed E-state index contributed by atoms with van der Waals surface area (Å²) in [5.41, 5.74) is 1.42. The molecule has 1 fully saturated rings. The molecule has 2 aliphatic rings. The van der Waals surface area contributed by atoms with Gasteiger partial charge in [0, 0.05) is 12.1 Å². The topological polar surface area (TPSA) is 62.6 Å². The van der Waals surface area contributed by atoms with E-state index in [1.54, 1.807) is 24.5 Å². The van der Waals surface area contributed by atoms with E-state index in [0.29, 0.717) is 23.4 Å². The fourth-order valence-corrected chi connectivity index (χ4v) is 5.57. The Hall–Kier alpha value is -3.41. The van der Waals surface area contributed by atoms with Crippen molar-refractivity contribution in [1.82, 2.24) is 10.2 Å². The van der Waals surface area contributed by atoms with Gasteiger partial charge >= 0.3 is 0 Å². The highest BCUT2D eigenvalue weighted by molar-refractivity contribution is 6.02. The standard InChI is InChI=1S/C27H27FN2O3/c28-20-9-6-8-19(16-20)17-29-25(31)24-22-11-2-3-12-23(22)26(32)30(18-21-10-7-15-33-21)27(24)13-4-1-5-14-27/h2-3,6-12,15-16,24H,1,4-5,13-14,17-18H2,(H,29,31). The maximum absolute atomic E-state index is 13.8. The number of nitrogens with zero attached hydrogens (tertiary/aromatic N) is 1. The molecule has 5 nitrogen and oxygen atoms in total. The molecule has 0 radical (unpaired) electrons. The van der Waals surface area contributed by atoms with Crippen molar-refractivity contribution >= 4 is 11.8 Å². The highest BCUT2D eigenvalue weighted by Gasteiger charge is 2.54. The third kappa shape index (κ3) is 3.94. The van der Waals surface area contributed by atoms with Crippen LogP contribution in [0.15, 0.2) is 71.3 Å². The molecule has 6 heteroatoms. The van der Waals surface area contributed by atoms with E-state index >= 15 is 0 Å². The molecule has 1 aromatic heterocycles. The summed E-state index contributed by atoms with van der Waals surface area (Å²) in [6, 6.07) is 17.4. The summed E-state index contributed by atoms with van der Waals surface area (Å²) in [6.07, 6.45) is 6.12. The quantitative estimate of drug-likeness (QED) is 0.588. The number of hydrogen-bond acceptors (Lipinski definition) is 3. The molecular formula is C27H27FN2O3. The Morgan fingerprint density at radius 3 is 2.64 bits per heavy atom. The Morgan fingerprint density at radius 1 is 1.06 bits per heavy atom. The minimum atomic E-state index is -0.623. The van der Waals surface area contributed by atoms with Crippen LogP contribution in [0.2, 0.25) is 0 Å². The number of halogens is 1. The van der Waals surface area contributed by atoms with Gasteiger partial charge < -0.3 is 14.6 Å². The van der Waals surface area contributed by atoms with Gasteiger partial charge in [0.15, 0.2) is 0 Å². The van der Waals surface area contributed by atoms with Gasteiger partial charge in [-0.3, -0.25) is 9.59 Å². The van der Waals surface area contributed by atoms with Crippen molar-refractivity contribution in [2.24, 2.45) is 0 Å². The average Bonchev–Trinajstić information content (AvgIpc) is 3.35. The van der Waals surface area contributed by atoms with Crippen molar-refractivity contribution in [3.05, 3.63) is 95.2 Å². The van der Waals surface area contributed by atoms with E-state index in [4.69, 9.17) is 4.42 Å². The third-order valence-corrected chi connectivity index (χ3v) is 7.05. The first-order chi connectivity index (χ1) is 16.1. The molecule has 2 aromatic carbocycles. The summed E-state index contributed by atoms with van der Waals surface area (Å²) in [6.45, 7) is 0.561. The van der Waals surface area contributed by atoms with Crippen LogP contribution in [0.3, 0.4) is 0 Å². The van der Waals surface area contributed by atoms with Crippen LogP contribution in [0.1, 0.15) is 65.3 Å². The maximum atomic E-state index is 13.8. The Kier molecular flexibility index (Phi) is 5.75. The average molecular weight is 447 g/mol. The van der Waals surface area contributed by atoms with Crippen molar-refractivity contribution in [2.45, 2.75) is 56.7 Å². The zero-order valence-electron chi connectivity index (χ0n) is 18.4. The van der Waals surface area contributed by atoms with Crippen molar-refractivity contribution in [3.8, 4) is 0 Å². The van der Waals surface area contributed by atoms with Crippen LogP contribution in [0.25, 0.3) is 0 Å². The molecule has 1 saturated carbocycles. The molecular weight excluding hydrogens is 419 g/mol. The van der Waals surface area contributed by atoms with Crippen molar-refractivity contribution in [1.29, 1.82) is 0 Å². The molecule has 1 aliphatic carbocycles. The molecule has 1 spiro atoms. The minimum absolute atomic E-state index is 0.0573. The summed E-state index contributed by atoms with van der Waals surface area (Å²) < 4.78 is 19.2. The second kappa shape index (κ2) is 8.85. The van der Waals surface area contributed by atoms with Gasteiger partial charge in [0.05, 0.1) is 24.3 Å². The number of fused-ring (bicyclic) bond motifs is 1. The number of furan rings is 1. The van der Waals surface area contributed by atoms with E-state index in [0.717, 1.165) is 37.7 Å². The Balaban J connectivity index is 1.54. The molecule has 170 valence electrons. The van der Waals surface area contributed by atoms with Crippen LogP contribution in [-0.4, -0.2) is 22.3 Å². The lowest BCUT2D eigenvalue weighted by Crippen LogP contribution is -2.62. The molecule has 33 heavy (non-hydrogen) atoms. The maximum Gasteiger partial charge on any atom is 0.255 e. The van der Waals surface area contributed by atoms with Gasteiger partial charge in [-0.1, -0.05) is 49.6 Å². The number of rotatable bonds is 5. The van der Waals surface area contributed by atoms with Crippen molar-refractivity contribution < 1.29 is 18.4 Å². The lowest BCUT2D eigenvalue weighted by Gasteiger charge is -2.53. The predicted octanol–water partition coefficient (Wildman–Crippen LogP) is 5.18. The Morgan fingerprint density at radius 2 is 1.88 bits per heavy atom. The van der Waals surface area contributed by atoms with Crippen LogP contribution < -0.4 is 5.32 Å². The van der Waals surface area contributed by atoms with Crippen LogP contribution in [0.4, 0.5) is 4.39 Å². The van der Waals surface area contributed by atoms with Gasteiger partial charge in [0.25, 0.3) is 5.91 Å². The first-order valence-electron chi connectivity index (χ1n) is 11.5. The number of carbonyl (C=O) groups excluding carboxylic acids is 2. The summed E-state index contributed by atoms with van der Waals surface area (Å²) in [5, 5.41) is 3.04. The predicted molar refractivity (Wildman–Crippen MR) is 122 cm³/mol. The van der Waals surface area contributed by atoms with Gasteiger partial charge in [-0.2, -0.15) is 0 Å². The summed E-state index contributed by atoms with van der Waals surface area (Å²) in [5.74, 6) is -0.325. The number of hydrogen-bond donors (Lipinski definition) is 1. The summed E-state index contributed by atoms with van der Waals surface area (Å²) in [4.78, 5) is 29.4. The van der Waals surface area contributed by atoms with Crippen LogP contribution in [-0.2, 0) is 17.9 Å². The molecule has 2 heterocycles. The van der Waals surface area contributed by atoms with Crippen LogP contribution >= 0.6 is 0 Å². The molecule has 1 N–H and O–H groups in total. The molecule has 1 atom stereocenters. The lowest BCUT2D eigenvalue weighted by atomic mass is 9.65. The fourth-order valence-electron chi connectivity index (χ4n) is 5.57. The highest BCUT2D eigenvalue weighted by Crippen LogP contribution is 2.49. The SMILES string of the molecule is O=C(NCc1cccc(F)c1)C1c2ccccc2C(=O)N(Cc2ccco2)C12CCCCC2. The largest absolute Gasteiger partial charge is 0.467 e. The lowest BCUT2D eigenvalue weighted by molar-refractivity contribution is -0.127. The van der Waals surface area contributed by atoms with E-state index in [9.17, 15) is 14.0 Å². The first kappa shape index (κ1) is 21.4. The van der Waals surface area contributed by atoms with Crippen molar-refractivity contribution in [2.75, 3.05) is 0 Å². The molecule has 2 amide bonds. The molecule has 1 aliphatic heterocycles. The smallest absolute Gasteiger partial charge is 0.255 e. The van der Waals surface area contributed by atoms with Gasteiger partial charge in [-0.15, -0.1) is 0 Å². The van der Waals surface area contributed by atoms with Crippen LogP contribution in [0.5, 0.6) is 0 Å². The first-order valence-corrected chi connectivity index (χ1v) is 11.5. The molecule has 0 bridgehead atoms. The Bertz CT molecular complexity index is 1150. The second-order valence-electron chi connectivity index (χ2n) is 9.00. The molecule has 3 aromatic rings. The van der Waals surface area contributed by atoms with E-state index in [-0.39, 0.29) is 24.2 Å². The summed E-state index contributed by atoms with van der Waals surface area (Å²) in [7, 11) is 0. The van der Waals surface area contributed by atoms with E-state index in [1.807, 2.05) is 35.2 Å². The minimum Gasteiger partial charge on any atom is -0.467 e. The fraction of sp³-hybridized carbons (Fsp3) is 0.333. The van der Waals surface area contributed by atoms with E-state index in [1.165, 1.54) is 12.1 Å². The van der Waals surface area contributed by atoms with E-state index in [2.05, 4.69) is 5.32 Å². The molecule has 5 rings (SSSR count). The van der Waals surface area contributed by atoms with Gasteiger partial charge in [-0.05, 0) is 54.3 Å². The second-order valence-corrected chi connectivity index (χ2v) is 9.00. The van der Waals surface area contributed by atoms with Gasteiger partial charge in [0.2, 0.25) is 5.91 Å². The normalized spacial score (nSPS) is 19.4. The third-order valence-electron chi connectivity index (χ3n) is 7.05. The van der Waals surface area contributed by atoms with Gasteiger partial charge in [0.1, 0.15) is 11.6 Å². The van der Waals surface area contributed by atoms with E-state index < -0.39 is 11.5 Å². The van der Waals surface area contributed by atoms with Crippen LogP contribution in [0, 0.1) is 5.82 Å². The summed E-state index contributed by atoms with van der Waals surface area (Å²) >= 11 is 0. The molecule has 0 saturated heterocycles. The number of carbonyl (C=O) groups is 2. The monoisotopic (exact) mass is 446 g/mol. The van der Waals surface area contributed by atoms with Crippen molar-refractivity contribution in [3.63, 3.8) is 0 Å². The highest BCUT2D eigenvalue weighted by atomic mass is 19.1. The molecule has 1 unspecified atom stereocenters. The zero-order valence-corrected chi connectivity index (χ0v) is 18.4. The number of amides is 2. The number of nitrogens with one attached hydrogen (secondary N) is 1.